The second kappa shape index (κ2) is 6.08. The van der Waals surface area contributed by atoms with Gasteiger partial charge in [-0.25, -0.2) is 12.7 Å². The highest BCUT2D eigenvalue weighted by molar-refractivity contribution is 7.88. The van der Waals surface area contributed by atoms with Crippen LogP contribution >= 0.6 is 0 Å². The minimum Gasteiger partial charge on any atom is -0.305 e. The number of nitro groups is 1. The van der Waals surface area contributed by atoms with Crippen molar-refractivity contribution >= 4 is 15.7 Å². The highest BCUT2D eigenvalue weighted by Gasteiger charge is 2.33. The van der Waals surface area contributed by atoms with Gasteiger partial charge in [0.2, 0.25) is 10.0 Å². The largest absolute Gasteiger partial charge is 0.305 e. The Morgan fingerprint density at radius 1 is 1.38 bits per heavy atom. The predicted octanol–water partition coefficient (Wildman–Crippen LogP) is 1.06. The van der Waals surface area contributed by atoms with Crippen LogP contribution in [0, 0.1) is 10.1 Å². The van der Waals surface area contributed by atoms with Crippen LogP contribution in [0.2, 0.25) is 0 Å². The van der Waals surface area contributed by atoms with E-state index in [9.17, 15) is 18.5 Å². The second-order valence-corrected chi connectivity index (χ2v) is 7.38. The Kier molecular flexibility index (Phi) is 4.60. The first-order valence-electron chi connectivity index (χ1n) is 6.68. The third-order valence-electron chi connectivity index (χ3n) is 3.78. The van der Waals surface area contributed by atoms with E-state index in [0.717, 1.165) is 6.42 Å². The molecule has 0 N–H and O–H groups in total. The minimum absolute atomic E-state index is 0.149. The van der Waals surface area contributed by atoms with E-state index in [4.69, 9.17) is 0 Å². The summed E-state index contributed by atoms with van der Waals surface area (Å²) in [6, 6.07) is 6.18. The van der Waals surface area contributed by atoms with E-state index >= 15 is 0 Å². The van der Waals surface area contributed by atoms with E-state index in [2.05, 4.69) is 0 Å². The van der Waals surface area contributed by atoms with Crippen LogP contribution in [-0.2, 0) is 15.8 Å². The van der Waals surface area contributed by atoms with Gasteiger partial charge in [-0.05, 0) is 20.5 Å². The lowest BCUT2D eigenvalue weighted by Gasteiger charge is -2.20. The molecule has 21 heavy (non-hydrogen) atoms. The molecule has 0 aromatic heterocycles. The Hall–Kier alpha value is -1.51. The molecule has 1 saturated heterocycles. The maximum atomic E-state index is 12.4. The van der Waals surface area contributed by atoms with Gasteiger partial charge in [-0.15, -0.1) is 0 Å². The number of rotatable bonds is 5. The Bertz CT molecular complexity index is 630. The Morgan fingerprint density at radius 3 is 2.62 bits per heavy atom. The molecule has 0 aliphatic carbocycles. The standard InChI is InChI=1S/C13H19N3O4S/c1-14(2)12-7-8-15(9-12)21(19,20)10-11-5-3-4-6-13(11)16(17)18/h3-6,12H,7-10H2,1-2H3. The molecule has 1 aliphatic rings. The van der Waals surface area contributed by atoms with Crippen molar-refractivity contribution in [3.8, 4) is 0 Å². The number of nitrogens with zero attached hydrogens (tertiary/aromatic N) is 3. The fourth-order valence-corrected chi connectivity index (χ4v) is 4.09. The molecule has 1 aromatic carbocycles. The average molecular weight is 313 g/mol. The first-order valence-corrected chi connectivity index (χ1v) is 8.28. The monoisotopic (exact) mass is 313 g/mol. The predicted molar refractivity (Wildman–Crippen MR) is 79.4 cm³/mol. The van der Waals surface area contributed by atoms with Gasteiger partial charge in [0.25, 0.3) is 5.69 Å². The summed E-state index contributed by atoms with van der Waals surface area (Å²) in [5.74, 6) is -0.329. The van der Waals surface area contributed by atoms with Gasteiger partial charge in [-0.1, -0.05) is 18.2 Å². The van der Waals surface area contributed by atoms with Gasteiger partial charge in [0.1, 0.15) is 0 Å². The molecule has 0 saturated carbocycles. The molecule has 2 rings (SSSR count). The lowest BCUT2D eigenvalue weighted by Crippen LogP contribution is -2.35. The SMILES string of the molecule is CN(C)C1CCN(S(=O)(=O)Cc2ccccc2[N+](=O)[O-])C1. The molecule has 0 amide bonds. The van der Waals surface area contributed by atoms with E-state index in [0.29, 0.717) is 13.1 Å². The molecular formula is C13H19N3O4S. The van der Waals surface area contributed by atoms with Crippen molar-refractivity contribution in [2.45, 2.75) is 18.2 Å². The van der Waals surface area contributed by atoms with Crippen LogP contribution in [0.3, 0.4) is 0 Å². The van der Waals surface area contributed by atoms with Crippen LogP contribution < -0.4 is 0 Å². The van der Waals surface area contributed by atoms with Crippen molar-refractivity contribution in [3.05, 3.63) is 39.9 Å². The molecule has 1 fully saturated rings. The van der Waals surface area contributed by atoms with Gasteiger partial charge in [0.05, 0.1) is 10.7 Å². The van der Waals surface area contributed by atoms with Gasteiger partial charge in [-0.3, -0.25) is 10.1 Å². The normalized spacial score (nSPS) is 20.0. The van der Waals surface area contributed by atoms with Crippen LogP contribution in [0.1, 0.15) is 12.0 Å². The molecule has 0 radical (unpaired) electrons. The summed E-state index contributed by atoms with van der Waals surface area (Å²) < 4.78 is 26.3. The molecule has 1 aliphatic heterocycles. The first kappa shape index (κ1) is 15.9. The average Bonchev–Trinajstić information content (AvgIpc) is 2.89. The summed E-state index contributed by atoms with van der Waals surface area (Å²) >= 11 is 0. The van der Waals surface area contributed by atoms with E-state index < -0.39 is 14.9 Å². The van der Waals surface area contributed by atoms with Crippen LogP contribution in [0.5, 0.6) is 0 Å². The second-order valence-electron chi connectivity index (χ2n) is 5.41. The molecule has 1 atom stereocenters. The zero-order chi connectivity index (χ0) is 15.6. The number of sulfonamides is 1. The molecule has 8 heteroatoms. The maximum absolute atomic E-state index is 12.4. The summed E-state index contributed by atoms with van der Waals surface area (Å²) in [7, 11) is 0.306. The highest BCUT2D eigenvalue weighted by Crippen LogP contribution is 2.24. The summed E-state index contributed by atoms with van der Waals surface area (Å²) in [6.45, 7) is 0.905. The van der Waals surface area contributed by atoms with Crippen LogP contribution in [0.4, 0.5) is 5.69 Å². The lowest BCUT2D eigenvalue weighted by molar-refractivity contribution is -0.385. The Balaban J connectivity index is 2.18. The molecule has 116 valence electrons. The first-order chi connectivity index (χ1) is 9.81. The highest BCUT2D eigenvalue weighted by atomic mass is 32.2. The summed E-state index contributed by atoms with van der Waals surface area (Å²) in [4.78, 5) is 12.4. The van der Waals surface area contributed by atoms with Gasteiger partial charge < -0.3 is 4.90 Å². The van der Waals surface area contributed by atoms with E-state index in [1.165, 1.54) is 22.5 Å². The molecule has 0 spiro atoms. The van der Waals surface area contributed by atoms with Crippen LogP contribution in [0.15, 0.2) is 24.3 Å². The summed E-state index contributed by atoms with van der Waals surface area (Å²) in [6.07, 6.45) is 0.781. The van der Waals surface area contributed by atoms with E-state index in [-0.39, 0.29) is 23.0 Å². The van der Waals surface area contributed by atoms with Crippen LogP contribution in [-0.4, -0.2) is 55.8 Å². The number of hydrogen-bond donors (Lipinski definition) is 0. The zero-order valence-electron chi connectivity index (χ0n) is 12.1. The van der Waals surface area contributed by atoms with E-state index in [1.807, 2.05) is 19.0 Å². The van der Waals surface area contributed by atoms with Crippen molar-refractivity contribution in [1.29, 1.82) is 0 Å². The summed E-state index contributed by atoms with van der Waals surface area (Å²) in [5.41, 5.74) is 0.0836. The number of likely N-dealkylation sites (N-methyl/N-ethyl adjacent to an activating group) is 1. The third kappa shape index (κ3) is 3.58. The quantitative estimate of drug-likeness (QED) is 0.599. The number of benzene rings is 1. The Morgan fingerprint density at radius 2 is 2.05 bits per heavy atom. The van der Waals surface area contributed by atoms with Crippen molar-refractivity contribution in [2.75, 3.05) is 27.2 Å². The fraction of sp³-hybridized carbons (Fsp3) is 0.538. The smallest absolute Gasteiger partial charge is 0.273 e. The Labute approximate surface area is 124 Å². The molecule has 1 heterocycles. The molecule has 1 aromatic rings. The van der Waals surface area contributed by atoms with E-state index in [1.54, 1.807) is 6.07 Å². The minimum atomic E-state index is -3.53. The van der Waals surface area contributed by atoms with Crippen molar-refractivity contribution in [1.82, 2.24) is 9.21 Å². The number of hydrogen-bond acceptors (Lipinski definition) is 5. The number of para-hydroxylation sites is 1. The van der Waals surface area contributed by atoms with Crippen molar-refractivity contribution in [2.24, 2.45) is 0 Å². The summed E-state index contributed by atoms with van der Waals surface area (Å²) in [5, 5.41) is 11.0. The van der Waals surface area contributed by atoms with Gasteiger partial charge in [-0.2, -0.15) is 0 Å². The molecule has 0 bridgehead atoms. The lowest BCUT2D eigenvalue weighted by atomic mass is 10.2. The zero-order valence-corrected chi connectivity index (χ0v) is 12.9. The van der Waals surface area contributed by atoms with Gasteiger partial charge >= 0.3 is 0 Å². The molecule has 7 nitrogen and oxygen atoms in total. The van der Waals surface area contributed by atoms with Gasteiger partial charge in [0, 0.05) is 30.8 Å². The van der Waals surface area contributed by atoms with Crippen molar-refractivity contribution in [3.63, 3.8) is 0 Å². The molecular weight excluding hydrogens is 294 g/mol. The van der Waals surface area contributed by atoms with Gasteiger partial charge in [0.15, 0.2) is 0 Å². The third-order valence-corrected chi connectivity index (χ3v) is 5.57. The van der Waals surface area contributed by atoms with Crippen molar-refractivity contribution < 1.29 is 13.3 Å². The van der Waals surface area contributed by atoms with Crippen LogP contribution in [0.25, 0.3) is 0 Å². The topological polar surface area (TPSA) is 83.8 Å². The molecule has 1 unspecified atom stereocenters. The fourth-order valence-electron chi connectivity index (χ4n) is 2.48. The number of nitro benzene ring substituents is 1. The maximum Gasteiger partial charge on any atom is 0.273 e.